The van der Waals surface area contributed by atoms with Gasteiger partial charge in [-0.05, 0) is 25.3 Å². The summed E-state index contributed by atoms with van der Waals surface area (Å²) in [6.45, 7) is 2.16. The van der Waals surface area contributed by atoms with Crippen molar-refractivity contribution in [3.8, 4) is 0 Å². The lowest BCUT2D eigenvalue weighted by Gasteiger charge is -2.25. The van der Waals surface area contributed by atoms with E-state index in [0.717, 1.165) is 0 Å². The summed E-state index contributed by atoms with van der Waals surface area (Å²) < 4.78 is 10.2. The highest BCUT2D eigenvalue weighted by Crippen LogP contribution is 2.27. The summed E-state index contributed by atoms with van der Waals surface area (Å²) in [4.78, 5) is 46.5. The van der Waals surface area contributed by atoms with Crippen molar-refractivity contribution in [2.45, 2.75) is 44.2 Å². The van der Waals surface area contributed by atoms with Crippen LogP contribution in [-0.2, 0) is 23.9 Å². The molecule has 1 aromatic rings. The van der Waals surface area contributed by atoms with E-state index in [2.05, 4.69) is 5.32 Å². The molecule has 1 fully saturated rings. The number of hydrogen-bond donors (Lipinski definition) is 2. The minimum Gasteiger partial charge on any atom is -0.480 e. The summed E-state index contributed by atoms with van der Waals surface area (Å²) in [6, 6.07) is 3.75. The van der Waals surface area contributed by atoms with Gasteiger partial charge in [0.15, 0.2) is 0 Å². The number of nitro benzene ring substituents is 1. The number of aliphatic carboxylic acids is 1. The van der Waals surface area contributed by atoms with Gasteiger partial charge < -0.3 is 19.9 Å². The lowest BCUT2D eigenvalue weighted by molar-refractivity contribution is -0.384. The first kappa shape index (κ1) is 21.3. The second-order valence-corrected chi connectivity index (χ2v) is 6.29. The average Bonchev–Trinajstić information content (AvgIpc) is 3.19. The predicted molar refractivity (Wildman–Crippen MR) is 95.6 cm³/mol. The summed E-state index contributed by atoms with van der Waals surface area (Å²) in [6.07, 6.45) is 0.138. The number of amides is 1. The molecule has 1 amide bonds. The van der Waals surface area contributed by atoms with Gasteiger partial charge in [0, 0.05) is 24.7 Å². The zero-order chi connectivity index (χ0) is 20.7. The van der Waals surface area contributed by atoms with Crippen LogP contribution in [0.25, 0.3) is 0 Å². The van der Waals surface area contributed by atoms with Crippen LogP contribution in [0.4, 0.5) is 5.69 Å². The molecule has 0 spiro atoms. The fraction of sp³-hybridized carbons (Fsp3) is 0.500. The van der Waals surface area contributed by atoms with Gasteiger partial charge in [-0.15, -0.1) is 0 Å². The van der Waals surface area contributed by atoms with Crippen LogP contribution in [0.5, 0.6) is 0 Å². The van der Waals surface area contributed by atoms with Crippen molar-refractivity contribution in [2.75, 3.05) is 13.2 Å². The first-order valence-electron chi connectivity index (χ1n) is 8.88. The molecule has 0 radical (unpaired) electrons. The highest BCUT2D eigenvalue weighted by atomic mass is 16.6. The molecule has 0 aromatic heterocycles. The van der Waals surface area contributed by atoms with Crippen LogP contribution < -0.4 is 5.32 Å². The van der Waals surface area contributed by atoms with Gasteiger partial charge in [-0.2, -0.15) is 0 Å². The van der Waals surface area contributed by atoms with Gasteiger partial charge in [0.25, 0.3) is 5.69 Å². The normalized spacial score (nSPS) is 18.1. The molecule has 0 bridgehead atoms. The molecule has 152 valence electrons. The Hall–Kier alpha value is -3.01. The molecule has 10 nitrogen and oxygen atoms in total. The summed E-state index contributed by atoms with van der Waals surface area (Å²) in [5.74, 6) is -3.51. The third kappa shape index (κ3) is 5.49. The minimum atomic E-state index is -1.43. The number of carbonyl (C=O) groups excluding carboxylic acids is 2. The number of nitro groups is 1. The Morgan fingerprint density at radius 1 is 1.36 bits per heavy atom. The maximum atomic E-state index is 12.3. The molecule has 1 aromatic carbocycles. The Balaban J connectivity index is 2.29. The van der Waals surface area contributed by atoms with E-state index < -0.39 is 40.8 Å². The second kappa shape index (κ2) is 9.79. The first-order chi connectivity index (χ1) is 13.3. The molecule has 2 rings (SSSR count). The number of esters is 1. The predicted octanol–water partition coefficient (Wildman–Crippen LogP) is 1.38. The highest BCUT2D eigenvalue weighted by molar-refractivity contribution is 5.87. The van der Waals surface area contributed by atoms with E-state index in [4.69, 9.17) is 9.47 Å². The highest BCUT2D eigenvalue weighted by Gasteiger charge is 2.36. The molecule has 3 atom stereocenters. The number of carboxylic acids is 1. The van der Waals surface area contributed by atoms with Crippen molar-refractivity contribution in [3.63, 3.8) is 0 Å². The molecule has 1 saturated heterocycles. The Labute approximate surface area is 161 Å². The Kier molecular flexibility index (Phi) is 7.44. The number of rotatable bonds is 9. The summed E-state index contributed by atoms with van der Waals surface area (Å²) in [5, 5.41) is 22.9. The average molecular weight is 394 g/mol. The van der Waals surface area contributed by atoms with E-state index in [9.17, 15) is 29.6 Å². The van der Waals surface area contributed by atoms with E-state index >= 15 is 0 Å². The zero-order valence-electron chi connectivity index (χ0n) is 15.3. The maximum absolute atomic E-state index is 12.3. The van der Waals surface area contributed by atoms with Crippen molar-refractivity contribution >= 4 is 23.5 Å². The van der Waals surface area contributed by atoms with Crippen LogP contribution in [0.1, 0.15) is 37.7 Å². The fourth-order valence-corrected chi connectivity index (χ4v) is 3.04. The number of ether oxygens (including phenoxy) is 2. The largest absolute Gasteiger partial charge is 0.480 e. The minimum absolute atomic E-state index is 0.117. The molecule has 0 unspecified atom stereocenters. The maximum Gasteiger partial charge on any atom is 0.326 e. The third-order valence-electron chi connectivity index (χ3n) is 4.41. The van der Waals surface area contributed by atoms with Crippen LogP contribution in [0.15, 0.2) is 24.3 Å². The molecule has 1 heterocycles. The van der Waals surface area contributed by atoms with Gasteiger partial charge in [-0.25, -0.2) is 4.79 Å². The molecule has 0 aliphatic carbocycles. The van der Waals surface area contributed by atoms with Crippen LogP contribution in [0.2, 0.25) is 0 Å². The van der Waals surface area contributed by atoms with E-state index in [1.54, 1.807) is 6.92 Å². The molecule has 0 saturated carbocycles. The topological polar surface area (TPSA) is 145 Å². The number of hydrogen-bond acceptors (Lipinski definition) is 7. The molecule has 1 aliphatic rings. The fourth-order valence-electron chi connectivity index (χ4n) is 3.04. The SMILES string of the molecule is CCOC(=O)C[C@H](c1ccc([N+](=O)[O-])cc1)[C@H](NC(=O)[C@@H]1CCCO1)C(=O)O. The van der Waals surface area contributed by atoms with Crippen LogP contribution in [0.3, 0.4) is 0 Å². The van der Waals surface area contributed by atoms with Crippen molar-refractivity contribution in [1.82, 2.24) is 5.32 Å². The summed E-state index contributed by atoms with van der Waals surface area (Å²) in [5.41, 5.74) is 0.188. The van der Waals surface area contributed by atoms with Crippen LogP contribution in [0, 0.1) is 10.1 Å². The lowest BCUT2D eigenvalue weighted by atomic mass is 9.88. The summed E-state index contributed by atoms with van der Waals surface area (Å²) >= 11 is 0. The molecular weight excluding hydrogens is 372 g/mol. The smallest absolute Gasteiger partial charge is 0.326 e. The van der Waals surface area contributed by atoms with Crippen LogP contribution in [-0.4, -0.2) is 53.2 Å². The number of nitrogens with zero attached hydrogens (tertiary/aromatic N) is 1. The Bertz CT molecular complexity index is 728. The van der Waals surface area contributed by atoms with Gasteiger partial charge in [0.1, 0.15) is 12.1 Å². The number of carbonyl (C=O) groups is 3. The van der Waals surface area contributed by atoms with Gasteiger partial charge in [0.05, 0.1) is 18.0 Å². The summed E-state index contributed by atoms with van der Waals surface area (Å²) in [7, 11) is 0. The van der Waals surface area contributed by atoms with Crippen molar-refractivity contribution < 1.29 is 33.9 Å². The Morgan fingerprint density at radius 2 is 2.04 bits per heavy atom. The third-order valence-corrected chi connectivity index (χ3v) is 4.41. The van der Waals surface area contributed by atoms with Crippen molar-refractivity contribution in [3.05, 3.63) is 39.9 Å². The van der Waals surface area contributed by atoms with Gasteiger partial charge in [-0.3, -0.25) is 19.7 Å². The Morgan fingerprint density at radius 3 is 2.54 bits per heavy atom. The van der Waals surface area contributed by atoms with E-state index in [-0.39, 0.29) is 18.7 Å². The molecule has 1 aliphatic heterocycles. The van der Waals surface area contributed by atoms with E-state index in [1.807, 2.05) is 0 Å². The van der Waals surface area contributed by atoms with Crippen molar-refractivity contribution in [2.24, 2.45) is 0 Å². The van der Waals surface area contributed by atoms with E-state index in [0.29, 0.717) is 25.0 Å². The zero-order valence-corrected chi connectivity index (χ0v) is 15.3. The number of carboxylic acid groups (broad SMARTS) is 1. The van der Waals surface area contributed by atoms with Gasteiger partial charge >= 0.3 is 11.9 Å². The second-order valence-electron chi connectivity index (χ2n) is 6.29. The number of nitrogens with one attached hydrogen (secondary N) is 1. The van der Waals surface area contributed by atoms with E-state index in [1.165, 1.54) is 24.3 Å². The molecule has 28 heavy (non-hydrogen) atoms. The van der Waals surface area contributed by atoms with Crippen molar-refractivity contribution in [1.29, 1.82) is 0 Å². The standard InChI is InChI=1S/C18H22N2O8/c1-2-27-15(21)10-13(11-5-7-12(8-6-11)20(25)26)16(18(23)24)19-17(22)14-4-3-9-28-14/h5-8,13-14,16H,2-4,9-10H2,1H3,(H,19,22)(H,23,24)/t13-,14+,16+/m1/s1. The quantitative estimate of drug-likeness (QED) is 0.363. The van der Waals surface area contributed by atoms with Crippen LogP contribution >= 0.6 is 0 Å². The number of non-ortho nitro benzene ring substituents is 1. The van der Waals surface area contributed by atoms with Gasteiger partial charge in [0.2, 0.25) is 5.91 Å². The lowest BCUT2D eigenvalue weighted by Crippen LogP contribution is -2.49. The van der Waals surface area contributed by atoms with Gasteiger partial charge in [-0.1, -0.05) is 12.1 Å². The molecule has 2 N–H and O–H groups in total. The molecular formula is C18H22N2O8. The first-order valence-corrected chi connectivity index (χ1v) is 8.88. The monoisotopic (exact) mass is 394 g/mol. The number of benzene rings is 1. The molecule has 10 heteroatoms.